The fourth-order valence-electron chi connectivity index (χ4n) is 2.75. The second kappa shape index (κ2) is 7.47. The number of hydrogen-bond acceptors (Lipinski definition) is 8. The summed E-state index contributed by atoms with van der Waals surface area (Å²) in [6.45, 7) is 1.58. The number of thiophene rings is 1. The van der Waals surface area contributed by atoms with Crippen molar-refractivity contribution in [3.05, 3.63) is 40.1 Å². The number of hydrogen-bond donors (Lipinski definition) is 0. The topological polar surface area (TPSA) is 91.4 Å². The molecule has 1 fully saturated rings. The number of carbonyl (C=O) groups excluding carboxylic acids is 1. The maximum absolute atomic E-state index is 12.6. The van der Waals surface area contributed by atoms with Crippen LogP contribution in [0.15, 0.2) is 34.5 Å². The van der Waals surface area contributed by atoms with Crippen LogP contribution in [0.5, 0.6) is 11.5 Å². The molecule has 8 nitrogen and oxygen atoms in total. The molecular weight excluding hydrogens is 394 g/mol. The zero-order valence-corrected chi connectivity index (χ0v) is 15.9. The molecule has 144 valence electrons. The van der Waals surface area contributed by atoms with Crippen molar-refractivity contribution in [1.82, 2.24) is 4.31 Å². The van der Waals surface area contributed by atoms with Gasteiger partial charge in [0, 0.05) is 18.5 Å². The minimum absolute atomic E-state index is 0.0545. The van der Waals surface area contributed by atoms with Gasteiger partial charge >= 0.3 is 5.97 Å². The quantitative estimate of drug-likeness (QED) is 0.694. The summed E-state index contributed by atoms with van der Waals surface area (Å²) in [5.41, 5.74) is 0.755. The second-order valence-electron chi connectivity index (χ2n) is 5.93. The van der Waals surface area contributed by atoms with Crippen LogP contribution in [0.3, 0.4) is 0 Å². The van der Waals surface area contributed by atoms with E-state index in [1.807, 2.05) is 0 Å². The molecule has 27 heavy (non-hydrogen) atoms. The Morgan fingerprint density at radius 2 is 1.93 bits per heavy atom. The Labute approximate surface area is 160 Å². The van der Waals surface area contributed by atoms with Crippen LogP contribution >= 0.6 is 11.3 Å². The van der Waals surface area contributed by atoms with Crippen molar-refractivity contribution in [3.63, 3.8) is 0 Å². The molecule has 0 amide bonds. The fraction of sp³-hybridized carbons (Fsp3) is 0.353. The molecule has 0 unspecified atom stereocenters. The molecule has 0 N–H and O–H groups in total. The summed E-state index contributed by atoms with van der Waals surface area (Å²) in [5, 5.41) is 1.46. The number of benzene rings is 1. The third-order valence-corrected chi connectivity index (χ3v) is 7.13. The Hall–Kier alpha value is -2.14. The van der Waals surface area contributed by atoms with Crippen LogP contribution < -0.4 is 9.47 Å². The number of morpholine rings is 1. The molecule has 0 atom stereocenters. The Morgan fingerprint density at radius 3 is 2.74 bits per heavy atom. The standard InChI is InChI=1S/C17H17NO7S2/c19-17(23-9-12-1-2-14-15(7-12)25-11-24-14)16-8-13(10-26-16)27(20,21)18-3-5-22-6-4-18/h1-2,7-8,10H,3-6,9,11H2. The van der Waals surface area contributed by atoms with Gasteiger partial charge in [-0.2, -0.15) is 4.31 Å². The van der Waals surface area contributed by atoms with Gasteiger partial charge in [0.25, 0.3) is 0 Å². The summed E-state index contributed by atoms with van der Waals surface area (Å²) in [6, 6.07) is 6.64. The molecule has 10 heteroatoms. The number of carbonyl (C=O) groups is 1. The highest BCUT2D eigenvalue weighted by atomic mass is 32.2. The number of sulfonamides is 1. The van der Waals surface area contributed by atoms with Gasteiger partial charge in [-0.05, 0) is 23.8 Å². The van der Waals surface area contributed by atoms with Crippen molar-refractivity contribution in [2.45, 2.75) is 11.5 Å². The number of ether oxygens (including phenoxy) is 4. The third kappa shape index (κ3) is 3.79. The summed E-state index contributed by atoms with van der Waals surface area (Å²) < 4.78 is 47.6. The molecule has 0 saturated carbocycles. The first-order valence-electron chi connectivity index (χ1n) is 8.26. The summed E-state index contributed by atoms with van der Waals surface area (Å²) >= 11 is 1.05. The van der Waals surface area contributed by atoms with Crippen LogP contribution in [0, 0.1) is 0 Å². The van der Waals surface area contributed by atoms with Gasteiger partial charge in [-0.3, -0.25) is 0 Å². The number of nitrogens with zero attached hydrogens (tertiary/aromatic N) is 1. The van der Waals surface area contributed by atoms with Crippen LogP contribution in [0.25, 0.3) is 0 Å². The third-order valence-electron chi connectivity index (χ3n) is 4.19. The van der Waals surface area contributed by atoms with E-state index in [-0.39, 0.29) is 23.2 Å². The van der Waals surface area contributed by atoms with E-state index in [1.54, 1.807) is 18.2 Å². The van der Waals surface area contributed by atoms with Gasteiger partial charge in [0.15, 0.2) is 11.5 Å². The summed E-state index contributed by atoms with van der Waals surface area (Å²) in [7, 11) is -3.62. The van der Waals surface area contributed by atoms with Gasteiger partial charge < -0.3 is 18.9 Å². The lowest BCUT2D eigenvalue weighted by Crippen LogP contribution is -2.40. The maximum atomic E-state index is 12.6. The minimum atomic E-state index is -3.62. The zero-order chi connectivity index (χ0) is 18.9. The van der Waals surface area contributed by atoms with Crippen molar-refractivity contribution < 1.29 is 32.2 Å². The predicted molar refractivity (Wildman–Crippen MR) is 95.6 cm³/mol. The van der Waals surface area contributed by atoms with E-state index in [1.165, 1.54) is 15.8 Å². The van der Waals surface area contributed by atoms with Gasteiger partial charge in [0.1, 0.15) is 11.5 Å². The highest BCUT2D eigenvalue weighted by Gasteiger charge is 2.28. The van der Waals surface area contributed by atoms with Crippen LogP contribution in [0.2, 0.25) is 0 Å². The van der Waals surface area contributed by atoms with Crippen molar-refractivity contribution in [3.8, 4) is 11.5 Å². The molecule has 4 rings (SSSR count). The van der Waals surface area contributed by atoms with E-state index in [0.29, 0.717) is 37.8 Å². The average Bonchev–Trinajstić information content (AvgIpc) is 3.36. The van der Waals surface area contributed by atoms with Gasteiger partial charge in [-0.25, -0.2) is 13.2 Å². The minimum Gasteiger partial charge on any atom is -0.457 e. The summed E-state index contributed by atoms with van der Waals surface area (Å²) in [4.78, 5) is 12.6. The van der Waals surface area contributed by atoms with Crippen LogP contribution in [0.4, 0.5) is 0 Å². The molecule has 2 aromatic rings. The summed E-state index contributed by atoms with van der Waals surface area (Å²) in [6.07, 6.45) is 0. The number of fused-ring (bicyclic) bond motifs is 1. The monoisotopic (exact) mass is 411 g/mol. The number of esters is 1. The first-order chi connectivity index (χ1) is 13.0. The summed E-state index contributed by atoms with van der Waals surface area (Å²) in [5.74, 6) is 0.695. The Kier molecular flexibility index (Phi) is 5.04. The maximum Gasteiger partial charge on any atom is 0.348 e. The largest absolute Gasteiger partial charge is 0.457 e. The van der Waals surface area contributed by atoms with Crippen molar-refractivity contribution >= 4 is 27.3 Å². The highest BCUT2D eigenvalue weighted by Crippen LogP contribution is 2.32. The first-order valence-corrected chi connectivity index (χ1v) is 10.6. The molecule has 0 aliphatic carbocycles. The lowest BCUT2D eigenvalue weighted by atomic mass is 10.2. The van der Waals surface area contributed by atoms with E-state index in [0.717, 1.165) is 16.9 Å². The SMILES string of the molecule is O=C(OCc1ccc2c(c1)OCO2)c1cc(S(=O)(=O)N2CCOCC2)cs1. The van der Waals surface area contributed by atoms with Crippen LogP contribution in [0.1, 0.15) is 15.2 Å². The molecule has 1 aromatic carbocycles. The van der Waals surface area contributed by atoms with Crippen molar-refractivity contribution in [1.29, 1.82) is 0 Å². The van der Waals surface area contributed by atoms with E-state index >= 15 is 0 Å². The van der Waals surface area contributed by atoms with Gasteiger partial charge in [-0.1, -0.05) is 6.07 Å². The van der Waals surface area contributed by atoms with Gasteiger partial charge in [0.05, 0.1) is 18.1 Å². The normalized spacial score (nSPS) is 17.0. The van der Waals surface area contributed by atoms with Crippen molar-refractivity contribution in [2.24, 2.45) is 0 Å². The predicted octanol–water partition coefficient (Wildman–Crippen LogP) is 1.85. The molecule has 0 radical (unpaired) electrons. The van der Waals surface area contributed by atoms with Crippen molar-refractivity contribution in [2.75, 3.05) is 33.1 Å². The second-order valence-corrected chi connectivity index (χ2v) is 8.78. The fourth-order valence-corrected chi connectivity index (χ4v) is 5.31. The lowest BCUT2D eigenvalue weighted by Gasteiger charge is -2.25. The molecule has 2 aliphatic rings. The molecular formula is C17H17NO7S2. The molecule has 1 aromatic heterocycles. The average molecular weight is 411 g/mol. The Bertz CT molecular complexity index is 948. The smallest absolute Gasteiger partial charge is 0.348 e. The zero-order valence-electron chi connectivity index (χ0n) is 14.3. The van der Waals surface area contributed by atoms with Gasteiger partial charge in [-0.15, -0.1) is 11.3 Å². The molecule has 2 aliphatic heterocycles. The van der Waals surface area contributed by atoms with E-state index < -0.39 is 16.0 Å². The Balaban J connectivity index is 1.41. The van der Waals surface area contributed by atoms with E-state index in [4.69, 9.17) is 18.9 Å². The molecule has 3 heterocycles. The van der Waals surface area contributed by atoms with E-state index in [9.17, 15) is 13.2 Å². The molecule has 1 saturated heterocycles. The van der Waals surface area contributed by atoms with Crippen LogP contribution in [-0.2, 0) is 26.1 Å². The Morgan fingerprint density at radius 1 is 1.15 bits per heavy atom. The molecule has 0 spiro atoms. The number of rotatable bonds is 5. The first kappa shape index (κ1) is 18.2. The molecule has 0 bridgehead atoms. The van der Waals surface area contributed by atoms with E-state index in [2.05, 4.69) is 0 Å². The van der Waals surface area contributed by atoms with Crippen LogP contribution in [-0.4, -0.2) is 51.8 Å². The lowest BCUT2D eigenvalue weighted by molar-refractivity contribution is 0.0478. The van der Waals surface area contributed by atoms with Gasteiger partial charge in [0.2, 0.25) is 16.8 Å². The highest BCUT2D eigenvalue weighted by molar-refractivity contribution is 7.89.